The maximum absolute atomic E-state index is 12.8. The molecular formula is C20H27Cl2N5O. The lowest BCUT2D eigenvalue weighted by atomic mass is 10.1. The van der Waals surface area contributed by atoms with Crippen LogP contribution in [0.3, 0.4) is 0 Å². The lowest BCUT2D eigenvalue weighted by Crippen LogP contribution is -2.37. The van der Waals surface area contributed by atoms with Gasteiger partial charge in [0, 0.05) is 13.1 Å². The van der Waals surface area contributed by atoms with Crippen LogP contribution in [-0.4, -0.2) is 31.3 Å². The van der Waals surface area contributed by atoms with Gasteiger partial charge in [0.25, 0.3) is 5.91 Å². The van der Waals surface area contributed by atoms with Crippen LogP contribution in [0.1, 0.15) is 25.8 Å². The molecular weight excluding hydrogens is 397 g/mol. The molecule has 1 aliphatic heterocycles. The summed E-state index contributed by atoms with van der Waals surface area (Å²) in [7, 11) is 0. The van der Waals surface area contributed by atoms with Gasteiger partial charge in [0.1, 0.15) is 11.5 Å². The number of carbonyl (C=O) groups is 1. The van der Waals surface area contributed by atoms with E-state index < -0.39 is 0 Å². The summed E-state index contributed by atoms with van der Waals surface area (Å²) in [4.78, 5) is 17.3. The van der Waals surface area contributed by atoms with Crippen molar-refractivity contribution in [2.45, 2.75) is 26.8 Å². The molecule has 1 aromatic carbocycles. The first kappa shape index (κ1) is 22.3. The normalized spacial score (nSPS) is 18.3. The van der Waals surface area contributed by atoms with Crippen molar-refractivity contribution < 1.29 is 4.79 Å². The van der Waals surface area contributed by atoms with Crippen LogP contribution in [0, 0.1) is 5.92 Å². The molecule has 152 valence electrons. The van der Waals surface area contributed by atoms with Crippen molar-refractivity contribution in [1.82, 2.24) is 16.0 Å². The van der Waals surface area contributed by atoms with Gasteiger partial charge in [0.2, 0.25) is 0 Å². The van der Waals surface area contributed by atoms with E-state index in [0.29, 0.717) is 46.2 Å². The van der Waals surface area contributed by atoms with Crippen LogP contribution in [0.5, 0.6) is 0 Å². The Bertz CT molecular complexity index is 783. The number of nitrogens with zero attached hydrogens (tertiary/aromatic N) is 1. The zero-order valence-electron chi connectivity index (χ0n) is 16.2. The number of benzene rings is 1. The van der Waals surface area contributed by atoms with E-state index in [1.165, 1.54) is 6.20 Å². The van der Waals surface area contributed by atoms with Gasteiger partial charge in [0.05, 0.1) is 10.0 Å². The Morgan fingerprint density at radius 1 is 1.39 bits per heavy atom. The lowest BCUT2D eigenvalue weighted by molar-refractivity contribution is -0.114. The van der Waals surface area contributed by atoms with Crippen molar-refractivity contribution in [3.63, 3.8) is 0 Å². The van der Waals surface area contributed by atoms with Crippen LogP contribution >= 0.6 is 23.2 Å². The number of aliphatic imine (C=N–C) groups is 1. The number of rotatable bonds is 8. The molecule has 0 saturated carbocycles. The SMILES string of the molecule is CC=C(NCc1ccc(Cl)c(Cl)c1)NC(=O)C(=NCC1CCNC1)C(C)=CN. The Kier molecular flexibility index (Phi) is 8.83. The van der Waals surface area contributed by atoms with E-state index in [1.54, 1.807) is 25.1 Å². The van der Waals surface area contributed by atoms with Gasteiger partial charge in [-0.2, -0.15) is 0 Å². The van der Waals surface area contributed by atoms with Crippen LogP contribution in [0.15, 0.2) is 46.9 Å². The van der Waals surface area contributed by atoms with Crippen LogP contribution in [0.4, 0.5) is 0 Å². The standard InChI is InChI=1S/C20H27Cl2N5O/c1-3-18(25-11-14-4-5-16(21)17(22)8-14)27-20(28)19(13(2)9-23)26-12-15-6-7-24-10-15/h3-5,8-9,15,24-25H,6-7,10-12,23H2,1-2H3,(H,27,28). The van der Waals surface area contributed by atoms with E-state index in [0.717, 1.165) is 25.1 Å². The van der Waals surface area contributed by atoms with Gasteiger partial charge >= 0.3 is 0 Å². The van der Waals surface area contributed by atoms with E-state index >= 15 is 0 Å². The van der Waals surface area contributed by atoms with Crippen molar-refractivity contribution >= 4 is 34.8 Å². The molecule has 1 aliphatic rings. The minimum atomic E-state index is -0.292. The van der Waals surface area contributed by atoms with Gasteiger partial charge in [-0.25, -0.2) is 0 Å². The first-order valence-electron chi connectivity index (χ1n) is 9.24. The highest BCUT2D eigenvalue weighted by molar-refractivity contribution is 6.45. The largest absolute Gasteiger partial charge is 0.404 e. The second kappa shape index (κ2) is 11.1. The summed E-state index contributed by atoms with van der Waals surface area (Å²) >= 11 is 12.0. The van der Waals surface area contributed by atoms with Gasteiger partial charge in [-0.3, -0.25) is 9.79 Å². The number of hydrogen-bond acceptors (Lipinski definition) is 5. The monoisotopic (exact) mass is 423 g/mol. The fraction of sp³-hybridized carbons (Fsp3) is 0.400. The summed E-state index contributed by atoms with van der Waals surface area (Å²) < 4.78 is 0. The lowest BCUT2D eigenvalue weighted by Gasteiger charge is -2.15. The summed E-state index contributed by atoms with van der Waals surface area (Å²) in [6.07, 6.45) is 4.26. The fourth-order valence-corrected chi connectivity index (χ4v) is 3.11. The van der Waals surface area contributed by atoms with E-state index in [-0.39, 0.29) is 5.91 Å². The highest BCUT2D eigenvalue weighted by Gasteiger charge is 2.18. The Labute approximate surface area is 176 Å². The maximum atomic E-state index is 12.8. The number of allylic oxidation sites excluding steroid dienone is 1. The topological polar surface area (TPSA) is 91.5 Å². The number of amides is 1. The average Bonchev–Trinajstić information content (AvgIpc) is 3.21. The third-order valence-corrected chi connectivity index (χ3v) is 5.25. The smallest absolute Gasteiger partial charge is 0.275 e. The molecule has 0 radical (unpaired) electrons. The molecule has 1 atom stereocenters. The highest BCUT2D eigenvalue weighted by Crippen LogP contribution is 2.22. The molecule has 1 amide bonds. The number of carbonyl (C=O) groups excluding carboxylic acids is 1. The summed E-state index contributed by atoms with van der Waals surface area (Å²) in [6.45, 7) is 6.63. The van der Waals surface area contributed by atoms with E-state index in [1.807, 2.05) is 13.0 Å². The molecule has 0 aromatic heterocycles. The van der Waals surface area contributed by atoms with Crippen LogP contribution in [0.2, 0.25) is 10.0 Å². The Hall–Kier alpha value is -2.02. The quantitative estimate of drug-likeness (QED) is 0.483. The van der Waals surface area contributed by atoms with Gasteiger partial charge < -0.3 is 21.7 Å². The summed E-state index contributed by atoms with van der Waals surface area (Å²) in [5, 5.41) is 10.3. The van der Waals surface area contributed by atoms with Crippen molar-refractivity contribution in [1.29, 1.82) is 0 Å². The minimum Gasteiger partial charge on any atom is -0.404 e. The Balaban J connectivity index is 2.00. The Morgan fingerprint density at radius 2 is 2.18 bits per heavy atom. The molecule has 1 heterocycles. The second-order valence-electron chi connectivity index (χ2n) is 6.66. The predicted octanol–water partition coefficient (Wildman–Crippen LogP) is 2.97. The van der Waals surface area contributed by atoms with E-state index in [4.69, 9.17) is 28.9 Å². The molecule has 5 N–H and O–H groups in total. The summed E-state index contributed by atoms with van der Waals surface area (Å²) in [5.74, 6) is 0.735. The summed E-state index contributed by atoms with van der Waals surface area (Å²) in [5.41, 5.74) is 7.57. The molecule has 0 aliphatic carbocycles. The van der Waals surface area contributed by atoms with Crippen molar-refractivity contribution in [2.24, 2.45) is 16.6 Å². The molecule has 0 bridgehead atoms. The van der Waals surface area contributed by atoms with Crippen molar-refractivity contribution in [2.75, 3.05) is 19.6 Å². The maximum Gasteiger partial charge on any atom is 0.275 e. The fourth-order valence-electron chi connectivity index (χ4n) is 2.79. The van der Waals surface area contributed by atoms with Gasteiger partial charge in [-0.05, 0) is 74.8 Å². The average molecular weight is 424 g/mol. The molecule has 1 fully saturated rings. The molecule has 8 heteroatoms. The highest BCUT2D eigenvalue weighted by atomic mass is 35.5. The van der Waals surface area contributed by atoms with Crippen molar-refractivity contribution in [3.05, 3.63) is 57.5 Å². The number of nitrogens with two attached hydrogens (primary N) is 1. The number of nitrogens with one attached hydrogen (secondary N) is 3. The van der Waals surface area contributed by atoms with E-state index in [9.17, 15) is 4.79 Å². The van der Waals surface area contributed by atoms with Crippen LogP contribution in [-0.2, 0) is 11.3 Å². The molecule has 6 nitrogen and oxygen atoms in total. The number of halogens is 2. The van der Waals surface area contributed by atoms with Crippen LogP contribution in [0.25, 0.3) is 0 Å². The molecule has 1 aromatic rings. The number of hydrogen-bond donors (Lipinski definition) is 4. The molecule has 2 rings (SSSR count). The molecule has 0 spiro atoms. The zero-order valence-corrected chi connectivity index (χ0v) is 17.7. The first-order chi connectivity index (χ1) is 13.4. The van der Waals surface area contributed by atoms with Gasteiger partial charge in [-0.15, -0.1) is 0 Å². The zero-order chi connectivity index (χ0) is 20.5. The van der Waals surface area contributed by atoms with Gasteiger partial charge in [0.15, 0.2) is 0 Å². The predicted molar refractivity (Wildman–Crippen MR) is 116 cm³/mol. The van der Waals surface area contributed by atoms with Gasteiger partial charge in [-0.1, -0.05) is 29.3 Å². The van der Waals surface area contributed by atoms with Crippen LogP contribution < -0.4 is 21.7 Å². The van der Waals surface area contributed by atoms with Crippen molar-refractivity contribution in [3.8, 4) is 0 Å². The Morgan fingerprint density at radius 3 is 2.79 bits per heavy atom. The second-order valence-corrected chi connectivity index (χ2v) is 7.47. The minimum absolute atomic E-state index is 0.292. The third kappa shape index (κ3) is 6.55. The summed E-state index contributed by atoms with van der Waals surface area (Å²) in [6, 6.07) is 5.41. The third-order valence-electron chi connectivity index (χ3n) is 4.51. The first-order valence-corrected chi connectivity index (χ1v) is 9.99. The molecule has 28 heavy (non-hydrogen) atoms. The molecule has 1 unspecified atom stereocenters. The van der Waals surface area contributed by atoms with E-state index in [2.05, 4.69) is 20.9 Å². The molecule has 1 saturated heterocycles.